The summed E-state index contributed by atoms with van der Waals surface area (Å²) < 4.78 is 38.9. The lowest BCUT2D eigenvalue weighted by Crippen LogP contribution is -2.37. The molecule has 2 aliphatic rings. The van der Waals surface area contributed by atoms with E-state index in [0.717, 1.165) is 44.5 Å². The van der Waals surface area contributed by atoms with Crippen molar-refractivity contribution in [3.05, 3.63) is 119 Å². The van der Waals surface area contributed by atoms with Crippen LogP contribution >= 0.6 is 0 Å². The van der Waals surface area contributed by atoms with E-state index in [1.54, 1.807) is 9.80 Å². The third-order valence-electron chi connectivity index (χ3n) is 9.79. The van der Waals surface area contributed by atoms with Gasteiger partial charge < -0.3 is 38.3 Å². The van der Waals surface area contributed by atoms with Gasteiger partial charge in [0, 0.05) is 13.1 Å². The summed E-state index contributed by atoms with van der Waals surface area (Å²) in [4.78, 5) is 40.4. The number of carbonyl (C=O) groups excluding carboxylic acids is 2. The zero-order valence-corrected chi connectivity index (χ0v) is 31.7. The normalized spacial score (nSPS) is 12.8. The number of nitrogens with zero attached hydrogens (tertiary/aromatic N) is 2. The van der Waals surface area contributed by atoms with Crippen LogP contribution in [0.1, 0.15) is 34.3 Å². The van der Waals surface area contributed by atoms with Gasteiger partial charge in [0.15, 0.2) is 0 Å². The molecule has 0 aliphatic heterocycles. The number of hydrogen-bond acceptors (Lipinski definition) is 10. The van der Waals surface area contributed by atoms with E-state index in [1.807, 2.05) is 72.8 Å². The molecule has 1 N–H and O–H groups in total. The molecule has 6 rings (SSSR count). The van der Waals surface area contributed by atoms with Crippen LogP contribution in [-0.4, -0.2) is 126 Å². The zero-order chi connectivity index (χ0) is 39.3. The zero-order valence-electron chi connectivity index (χ0n) is 31.7. The Morgan fingerprint density at radius 1 is 0.536 bits per heavy atom. The molecule has 0 aromatic heterocycles. The molecule has 2 aliphatic carbocycles. The van der Waals surface area contributed by atoms with E-state index in [4.69, 9.17) is 38.3 Å². The van der Waals surface area contributed by atoms with E-state index in [2.05, 4.69) is 24.3 Å². The molecule has 0 atom stereocenters. The van der Waals surface area contributed by atoms with Crippen LogP contribution in [0.3, 0.4) is 0 Å². The molecular formula is C43H48N2O11. The molecule has 0 radical (unpaired) electrons. The first-order valence-electron chi connectivity index (χ1n) is 18.6. The Morgan fingerprint density at radius 2 is 0.875 bits per heavy atom. The summed E-state index contributed by atoms with van der Waals surface area (Å²) in [6.45, 7) is 1.68. The highest BCUT2D eigenvalue weighted by Gasteiger charge is 2.37. The van der Waals surface area contributed by atoms with Crippen LogP contribution in [0.15, 0.2) is 97.1 Å². The fourth-order valence-electron chi connectivity index (χ4n) is 7.34. The summed E-state index contributed by atoms with van der Waals surface area (Å²) in [7, 11) is 2.74. The third-order valence-corrected chi connectivity index (χ3v) is 9.79. The quantitative estimate of drug-likeness (QED) is 0.0969. The molecule has 0 saturated carbocycles. The van der Waals surface area contributed by atoms with Crippen LogP contribution in [-0.2, 0) is 38.0 Å². The number of carboxylic acid groups (broad SMARTS) is 1. The Labute approximate surface area is 326 Å². The molecular weight excluding hydrogens is 720 g/mol. The standard InChI is InChI=1S/C43H48N2O11/c1-50-42(48)44(40-35-15-7-3-11-31(35)32-12-4-8-16-36(32)40)19-21-52-23-25-54-27-30(56-29-39(46)47)28-55-26-24-53-22-20-45(43(49)51-2)41-37-17-9-5-13-33(37)34-14-6-10-18-38(34)41/h3-18,30,40-41H,19-29H2,1-2H3,(H,46,47). The summed E-state index contributed by atoms with van der Waals surface area (Å²) in [5, 5.41) is 9.16. The van der Waals surface area contributed by atoms with Gasteiger partial charge in [0.05, 0.1) is 79.2 Å². The number of methoxy groups -OCH3 is 2. The van der Waals surface area contributed by atoms with Crippen molar-refractivity contribution in [2.45, 2.75) is 18.2 Å². The first-order chi connectivity index (χ1) is 27.4. The van der Waals surface area contributed by atoms with Gasteiger partial charge in [-0.3, -0.25) is 9.80 Å². The van der Waals surface area contributed by atoms with Crippen molar-refractivity contribution in [3.8, 4) is 22.3 Å². The minimum atomic E-state index is -1.10. The minimum Gasteiger partial charge on any atom is -0.480 e. The summed E-state index contributed by atoms with van der Waals surface area (Å²) in [5.74, 6) is -1.10. The predicted octanol–water partition coefficient (Wildman–Crippen LogP) is 6.20. The van der Waals surface area contributed by atoms with E-state index in [9.17, 15) is 14.4 Å². The summed E-state index contributed by atoms with van der Waals surface area (Å²) >= 11 is 0. The average molecular weight is 769 g/mol. The second-order valence-corrected chi connectivity index (χ2v) is 13.2. The molecule has 296 valence electrons. The van der Waals surface area contributed by atoms with Gasteiger partial charge in [0.2, 0.25) is 0 Å². The highest BCUT2D eigenvalue weighted by atomic mass is 16.6. The van der Waals surface area contributed by atoms with Gasteiger partial charge in [-0.25, -0.2) is 14.4 Å². The van der Waals surface area contributed by atoms with Crippen molar-refractivity contribution in [3.63, 3.8) is 0 Å². The van der Waals surface area contributed by atoms with Crippen LogP contribution < -0.4 is 0 Å². The van der Waals surface area contributed by atoms with E-state index in [1.165, 1.54) is 14.2 Å². The van der Waals surface area contributed by atoms with Gasteiger partial charge >= 0.3 is 18.2 Å². The highest BCUT2D eigenvalue weighted by Crippen LogP contribution is 2.47. The number of benzene rings is 4. The number of carbonyl (C=O) groups is 3. The van der Waals surface area contributed by atoms with Crippen LogP contribution in [0.25, 0.3) is 22.3 Å². The third kappa shape index (κ3) is 9.55. The molecule has 2 amide bonds. The van der Waals surface area contributed by atoms with Crippen molar-refractivity contribution in [2.24, 2.45) is 0 Å². The van der Waals surface area contributed by atoms with Crippen LogP contribution in [0.4, 0.5) is 9.59 Å². The maximum absolute atomic E-state index is 12.9. The smallest absolute Gasteiger partial charge is 0.410 e. The number of fused-ring (bicyclic) bond motifs is 6. The number of aliphatic carboxylic acids is 1. The lowest BCUT2D eigenvalue weighted by atomic mass is 10.0. The Bertz CT molecular complexity index is 1720. The van der Waals surface area contributed by atoms with Crippen LogP contribution in [0.2, 0.25) is 0 Å². The number of hydrogen-bond donors (Lipinski definition) is 1. The molecule has 4 aromatic rings. The molecule has 0 spiro atoms. The Kier molecular flexibility index (Phi) is 14.4. The van der Waals surface area contributed by atoms with Gasteiger partial charge in [-0.15, -0.1) is 0 Å². The summed E-state index contributed by atoms with van der Waals surface area (Å²) in [6, 6.07) is 31.6. The lowest BCUT2D eigenvalue weighted by molar-refractivity contribution is -0.148. The fourth-order valence-corrected chi connectivity index (χ4v) is 7.34. The van der Waals surface area contributed by atoms with Crippen molar-refractivity contribution >= 4 is 18.2 Å². The Hall–Kier alpha value is -5.31. The Balaban J connectivity index is 0.908. The highest BCUT2D eigenvalue weighted by molar-refractivity contribution is 5.82. The summed E-state index contributed by atoms with van der Waals surface area (Å²) in [6.07, 6.45) is -1.54. The van der Waals surface area contributed by atoms with E-state index in [0.29, 0.717) is 13.1 Å². The van der Waals surface area contributed by atoms with Gasteiger partial charge in [0.1, 0.15) is 12.7 Å². The van der Waals surface area contributed by atoms with Gasteiger partial charge in [-0.05, 0) is 44.5 Å². The monoisotopic (exact) mass is 768 g/mol. The summed E-state index contributed by atoms with van der Waals surface area (Å²) in [5.41, 5.74) is 8.50. The second kappa shape index (κ2) is 20.0. The molecule has 13 heteroatoms. The molecule has 4 aromatic carbocycles. The minimum absolute atomic E-state index is 0.0832. The van der Waals surface area contributed by atoms with Crippen molar-refractivity contribution in [1.82, 2.24) is 9.80 Å². The van der Waals surface area contributed by atoms with E-state index in [-0.39, 0.29) is 64.9 Å². The first-order valence-corrected chi connectivity index (χ1v) is 18.6. The maximum Gasteiger partial charge on any atom is 0.410 e. The number of amides is 2. The van der Waals surface area contributed by atoms with E-state index < -0.39 is 30.9 Å². The molecule has 0 saturated heterocycles. The van der Waals surface area contributed by atoms with Crippen LogP contribution in [0.5, 0.6) is 0 Å². The molecule has 0 bridgehead atoms. The van der Waals surface area contributed by atoms with Gasteiger partial charge in [-0.1, -0.05) is 97.1 Å². The number of ether oxygens (including phenoxy) is 7. The van der Waals surface area contributed by atoms with Gasteiger partial charge in [0.25, 0.3) is 0 Å². The predicted molar refractivity (Wildman–Crippen MR) is 206 cm³/mol. The molecule has 13 nitrogen and oxygen atoms in total. The van der Waals surface area contributed by atoms with Crippen molar-refractivity contribution in [1.29, 1.82) is 0 Å². The molecule has 0 unspecified atom stereocenters. The molecule has 56 heavy (non-hydrogen) atoms. The van der Waals surface area contributed by atoms with Crippen LogP contribution in [0, 0.1) is 0 Å². The van der Waals surface area contributed by atoms with Crippen molar-refractivity contribution < 1.29 is 52.6 Å². The fraction of sp³-hybridized carbons (Fsp3) is 0.372. The van der Waals surface area contributed by atoms with Gasteiger partial charge in [-0.2, -0.15) is 0 Å². The van der Waals surface area contributed by atoms with E-state index >= 15 is 0 Å². The average Bonchev–Trinajstić information content (AvgIpc) is 3.74. The number of rotatable bonds is 21. The second-order valence-electron chi connectivity index (χ2n) is 13.2. The first kappa shape index (κ1) is 40.4. The Morgan fingerprint density at radius 3 is 1.21 bits per heavy atom. The largest absolute Gasteiger partial charge is 0.480 e. The topological polar surface area (TPSA) is 143 Å². The maximum atomic E-state index is 12.9. The lowest BCUT2D eigenvalue weighted by Gasteiger charge is -2.29. The van der Waals surface area contributed by atoms with Crippen molar-refractivity contribution in [2.75, 3.05) is 86.8 Å². The number of carboxylic acids is 1. The molecule has 0 heterocycles. The molecule has 0 fully saturated rings. The SMILES string of the molecule is COC(=O)N(CCOCCOCC(COCCOCCN(C(=O)OC)C1c2ccccc2-c2ccccc21)OCC(=O)O)C1c2ccccc2-c2ccccc21.